The molecule has 2 aromatic carbocycles. The molecule has 0 unspecified atom stereocenters. The molecule has 7 nitrogen and oxygen atoms in total. The number of nitro benzene ring substituents is 1. The van der Waals surface area contributed by atoms with Crippen molar-refractivity contribution in [2.24, 2.45) is 0 Å². The molecule has 9 heteroatoms. The largest absolute Gasteiger partial charge is 0.494 e. The van der Waals surface area contributed by atoms with Crippen LogP contribution in [0.5, 0.6) is 5.75 Å². The lowest BCUT2D eigenvalue weighted by molar-refractivity contribution is -0.384. The summed E-state index contributed by atoms with van der Waals surface area (Å²) in [7, 11) is 0. The third-order valence-electron chi connectivity index (χ3n) is 3.06. The Balaban J connectivity index is 2.01. The number of halogens is 1. The fraction of sp³-hybridized carbons (Fsp3) is 0.125. The number of thiocarbonyl (C=S) groups is 1. The van der Waals surface area contributed by atoms with Crippen LogP contribution in [0, 0.1) is 10.1 Å². The third kappa shape index (κ3) is 5.13. The SMILES string of the molecule is CCOc1ccc(NC(=S)NC(=O)c2ccc(Cl)c([N+](=O)[O-])c2)cc1. The maximum Gasteiger partial charge on any atom is 0.288 e. The predicted octanol–water partition coefficient (Wildman–Crippen LogP) is 3.77. The summed E-state index contributed by atoms with van der Waals surface area (Å²) in [5.74, 6) is 0.139. The van der Waals surface area contributed by atoms with Crippen LogP contribution < -0.4 is 15.4 Å². The molecule has 2 rings (SSSR count). The number of ether oxygens (including phenoxy) is 1. The van der Waals surface area contributed by atoms with E-state index in [0.29, 0.717) is 12.3 Å². The summed E-state index contributed by atoms with van der Waals surface area (Å²) in [6, 6.07) is 10.8. The lowest BCUT2D eigenvalue weighted by atomic mass is 10.2. The van der Waals surface area contributed by atoms with Gasteiger partial charge in [-0.25, -0.2) is 0 Å². The molecule has 130 valence electrons. The second-order valence-corrected chi connectivity index (χ2v) is 5.60. The second-order valence-electron chi connectivity index (χ2n) is 4.79. The van der Waals surface area contributed by atoms with Crippen LogP contribution in [0.15, 0.2) is 42.5 Å². The molecule has 0 aromatic heterocycles. The number of carbonyl (C=O) groups excluding carboxylic acids is 1. The van der Waals surface area contributed by atoms with Gasteiger partial charge < -0.3 is 10.1 Å². The van der Waals surface area contributed by atoms with Gasteiger partial charge in [-0.1, -0.05) is 11.6 Å². The molecule has 0 aliphatic carbocycles. The van der Waals surface area contributed by atoms with Gasteiger partial charge in [-0.15, -0.1) is 0 Å². The Morgan fingerprint density at radius 3 is 2.56 bits per heavy atom. The summed E-state index contributed by atoms with van der Waals surface area (Å²) in [6.07, 6.45) is 0. The Morgan fingerprint density at radius 1 is 1.28 bits per heavy atom. The number of benzene rings is 2. The van der Waals surface area contributed by atoms with Gasteiger partial charge in [0.2, 0.25) is 0 Å². The number of nitrogens with one attached hydrogen (secondary N) is 2. The summed E-state index contributed by atoms with van der Waals surface area (Å²) in [5.41, 5.74) is 0.391. The van der Waals surface area contributed by atoms with Crippen LogP contribution in [0.2, 0.25) is 5.02 Å². The van der Waals surface area contributed by atoms with Crippen molar-refractivity contribution in [2.75, 3.05) is 11.9 Å². The van der Waals surface area contributed by atoms with Crippen LogP contribution >= 0.6 is 23.8 Å². The summed E-state index contributed by atoms with van der Waals surface area (Å²) in [6.45, 7) is 2.45. The van der Waals surface area contributed by atoms with Crippen molar-refractivity contribution in [1.82, 2.24) is 5.32 Å². The molecule has 0 fully saturated rings. The van der Waals surface area contributed by atoms with Crippen LogP contribution in [0.1, 0.15) is 17.3 Å². The zero-order valence-electron chi connectivity index (χ0n) is 13.1. The summed E-state index contributed by atoms with van der Waals surface area (Å²) < 4.78 is 5.33. The smallest absolute Gasteiger partial charge is 0.288 e. The first-order valence-corrected chi connectivity index (χ1v) is 7.98. The minimum atomic E-state index is -0.657. The lowest BCUT2D eigenvalue weighted by Gasteiger charge is -2.10. The molecule has 0 aliphatic heterocycles. The normalized spacial score (nSPS) is 10.0. The number of nitrogens with zero attached hydrogens (tertiary/aromatic N) is 1. The zero-order chi connectivity index (χ0) is 18.4. The molecule has 0 saturated carbocycles. The summed E-state index contributed by atoms with van der Waals surface area (Å²) in [5, 5.41) is 16.2. The van der Waals surface area contributed by atoms with Gasteiger partial charge >= 0.3 is 0 Å². The Morgan fingerprint density at radius 2 is 1.96 bits per heavy atom. The molecule has 0 spiro atoms. The lowest BCUT2D eigenvalue weighted by Crippen LogP contribution is -2.34. The molecule has 2 N–H and O–H groups in total. The van der Waals surface area contributed by atoms with Crippen molar-refractivity contribution < 1.29 is 14.5 Å². The van der Waals surface area contributed by atoms with Crippen molar-refractivity contribution in [1.29, 1.82) is 0 Å². The third-order valence-corrected chi connectivity index (χ3v) is 3.58. The highest BCUT2D eigenvalue weighted by molar-refractivity contribution is 7.80. The number of nitro groups is 1. The number of rotatable bonds is 5. The number of anilines is 1. The van der Waals surface area contributed by atoms with Gasteiger partial charge in [0.05, 0.1) is 11.5 Å². The fourth-order valence-corrected chi connectivity index (χ4v) is 2.33. The van der Waals surface area contributed by atoms with Crippen LogP contribution in [-0.2, 0) is 0 Å². The van der Waals surface area contributed by atoms with E-state index in [1.165, 1.54) is 12.1 Å². The van der Waals surface area contributed by atoms with Crippen LogP contribution in [-0.4, -0.2) is 22.5 Å². The van der Waals surface area contributed by atoms with Crippen molar-refractivity contribution in [3.63, 3.8) is 0 Å². The molecular formula is C16H14ClN3O4S. The number of amides is 1. The molecule has 25 heavy (non-hydrogen) atoms. The topological polar surface area (TPSA) is 93.5 Å². The minimum absolute atomic E-state index is 0.0448. The molecule has 0 saturated heterocycles. The maximum atomic E-state index is 12.1. The Bertz CT molecular complexity index is 812. The summed E-state index contributed by atoms with van der Waals surface area (Å²) in [4.78, 5) is 22.4. The molecule has 1 amide bonds. The highest BCUT2D eigenvalue weighted by Gasteiger charge is 2.17. The monoisotopic (exact) mass is 379 g/mol. The zero-order valence-corrected chi connectivity index (χ0v) is 14.7. The molecule has 0 heterocycles. The van der Waals surface area contributed by atoms with E-state index in [1.807, 2.05) is 6.92 Å². The van der Waals surface area contributed by atoms with Gasteiger partial charge in [0, 0.05) is 17.3 Å². The quantitative estimate of drug-likeness (QED) is 0.466. The van der Waals surface area contributed by atoms with Crippen LogP contribution in [0.4, 0.5) is 11.4 Å². The highest BCUT2D eigenvalue weighted by Crippen LogP contribution is 2.25. The van der Waals surface area contributed by atoms with Crippen molar-refractivity contribution in [3.8, 4) is 5.75 Å². The van der Waals surface area contributed by atoms with E-state index in [2.05, 4.69) is 10.6 Å². The number of hydrogen-bond donors (Lipinski definition) is 2. The Hall–Kier alpha value is -2.71. The summed E-state index contributed by atoms with van der Waals surface area (Å²) >= 11 is 10.8. The van der Waals surface area contributed by atoms with E-state index >= 15 is 0 Å². The van der Waals surface area contributed by atoms with Gasteiger partial charge in [0.15, 0.2) is 5.11 Å². The molecule has 0 aliphatic rings. The van der Waals surface area contributed by atoms with Crippen molar-refractivity contribution >= 4 is 46.2 Å². The van der Waals surface area contributed by atoms with E-state index in [0.717, 1.165) is 11.8 Å². The molecule has 0 atom stereocenters. The van der Waals surface area contributed by atoms with Gasteiger partial charge in [-0.2, -0.15) is 0 Å². The van der Waals surface area contributed by atoms with E-state index < -0.39 is 10.8 Å². The van der Waals surface area contributed by atoms with E-state index in [9.17, 15) is 14.9 Å². The molecule has 0 radical (unpaired) electrons. The van der Waals surface area contributed by atoms with Crippen LogP contribution in [0.3, 0.4) is 0 Å². The molecular weight excluding hydrogens is 366 g/mol. The second kappa shape index (κ2) is 8.41. The van der Waals surface area contributed by atoms with Crippen molar-refractivity contribution in [2.45, 2.75) is 6.92 Å². The van der Waals surface area contributed by atoms with E-state index in [-0.39, 0.29) is 21.4 Å². The molecule has 2 aromatic rings. The number of hydrogen-bond acceptors (Lipinski definition) is 5. The van der Waals surface area contributed by atoms with Gasteiger partial charge in [-0.05, 0) is 55.5 Å². The maximum absolute atomic E-state index is 12.1. The van der Waals surface area contributed by atoms with E-state index in [1.54, 1.807) is 24.3 Å². The first kappa shape index (κ1) is 18.6. The minimum Gasteiger partial charge on any atom is -0.494 e. The van der Waals surface area contributed by atoms with Gasteiger partial charge in [-0.3, -0.25) is 20.2 Å². The molecule has 0 bridgehead atoms. The van der Waals surface area contributed by atoms with Gasteiger partial charge in [0.25, 0.3) is 11.6 Å². The first-order valence-electron chi connectivity index (χ1n) is 7.20. The average molecular weight is 380 g/mol. The van der Waals surface area contributed by atoms with Gasteiger partial charge in [0.1, 0.15) is 10.8 Å². The highest BCUT2D eigenvalue weighted by atomic mass is 35.5. The Labute approximate surface area is 154 Å². The average Bonchev–Trinajstić information content (AvgIpc) is 2.56. The first-order chi connectivity index (χ1) is 11.9. The predicted molar refractivity (Wildman–Crippen MR) is 99.4 cm³/mol. The van der Waals surface area contributed by atoms with Crippen LogP contribution in [0.25, 0.3) is 0 Å². The fourth-order valence-electron chi connectivity index (χ4n) is 1.93. The van der Waals surface area contributed by atoms with Crippen molar-refractivity contribution in [3.05, 3.63) is 63.2 Å². The standard InChI is InChI=1S/C16H14ClN3O4S/c1-2-24-12-6-4-11(5-7-12)18-16(25)19-15(21)10-3-8-13(17)14(9-10)20(22)23/h3-9H,2H2,1H3,(H2,18,19,21,25). The Kier molecular flexibility index (Phi) is 6.26. The number of carbonyl (C=O) groups is 1. The van der Waals surface area contributed by atoms with E-state index in [4.69, 9.17) is 28.6 Å².